The molecule has 1 aromatic carbocycles. The fourth-order valence-electron chi connectivity index (χ4n) is 3.12. The number of hydrogen-bond acceptors (Lipinski definition) is 7. The monoisotopic (exact) mass is 506 g/mol. The first-order valence-corrected chi connectivity index (χ1v) is 11.3. The normalized spacial score (nSPS) is 16.7. The summed E-state index contributed by atoms with van der Waals surface area (Å²) in [5, 5.41) is 0. The van der Waals surface area contributed by atoms with E-state index in [0.717, 1.165) is 16.6 Å². The molecule has 2 aromatic rings. The highest BCUT2D eigenvalue weighted by Gasteiger charge is 2.60. The third-order valence-electron chi connectivity index (χ3n) is 4.79. The summed E-state index contributed by atoms with van der Waals surface area (Å²) in [6.45, 7) is -0.397. The van der Waals surface area contributed by atoms with E-state index in [4.69, 9.17) is 0 Å². The zero-order valence-corrected chi connectivity index (χ0v) is 17.6. The lowest BCUT2D eigenvalue weighted by molar-refractivity contribution is -0.308. The summed E-state index contributed by atoms with van der Waals surface area (Å²) in [6.07, 6.45) is -17.2. The largest absolute Gasteiger partial charge is 0.434 e. The first kappa shape index (κ1) is 24.4. The number of hydrogen-bond donors (Lipinski definition) is 1. The van der Waals surface area contributed by atoms with Crippen LogP contribution >= 0.6 is 11.7 Å². The van der Waals surface area contributed by atoms with Gasteiger partial charge < -0.3 is 9.64 Å². The third-order valence-corrected chi connectivity index (χ3v) is 6.78. The Hall–Kier alpha value is -2.20. The van der Waals surface area contributed by atoms with Crippen molar-refractivity contribution in [3.05, 3.63) is 18.2 Å². The number of amides is 1. The Morgan fingerprint density at radius 1 is 1.16 bits per heavy atom. The molecule has 32 heavy (non-hydrogen) atoms. The number of halogens is 6. The first-order valence-electron chi connectivity index (χ1n) is 9.09. The molecule has 3 rings (SSSR count). The maximum Gasteiger partial charge on any atom is 0.434 e. The lowest BCUT2D eigenvalue weighted by atomic mass is 9.97. The van der Waals surface area contributed by atoms with E-state index in [0.29, 0.717) is 5.52 Å². The summed E-state index contributed by atoms with van der Waals surface area (Å²) in [5.41, 5.74) is 0.632. The second-order valence-electron chi connectivity index (χ2n) is 7.02. The number of nitrogens with zero attached hydrogens (tertiary/aromatic N) is 3. The Bertz CT molecular complexity index is 1050. The van der Waals surface area contributed by atoms with E-state index >= 15 is 0 Å². The second kappa shape index (κ2) is 8.97. The maximum atomic E-state index is 12.6. The fraction of sp³-hybridized carbons (Fsp3) is 0.562. The highest BCUT2D eigenvalue weighted by Crippen LogP contribution is 2.36. The van der Waals surface area contributed by atoms with E-state index in [1.807, 2.05) is 0 Å². The van der Waals surface area contributed by atoms with Crippen LogP contribution in [-0.2, 0) is 14.8 Å². The average molecular weight is 506 g/mol. The minimum Gasteiger partial charge on any atom is -0.426 e. The van der Waals surface area contributed by atoms with Crippen LogP contribution in [0.2, 0.25) is 0 Å². The van der Waals surface area contributed by atoms with Crippen LogP contribution in [0.4, 0.5) is 31.1 Å². The van der Waals surface area contributed by atoms with E-state index in [2.05, 4.69) is 18.2 Å². The standard InChI is InChI=1S/C16H16F6N4O4S2/c17-15(18,19)13(16(20,21)22)30-14(27)26-6-4-9(5-7-26)8-23-32(28,29)11-3-1-2-10-12(11)25-31-24-10/h1-3,9,13,23H,4-8H2. The summed E-state index contributed by atoms with van der Waals surface area (Å²) in [5.74, 6) is -0.289. The lowest BCUT2D eigenvalue weighted by Gasteiger charge is -2.33. The number of aromatic nitrogens is 2. The number of likely N-dealkylation sites (tertiary alicyclic amines) is 1. The molecule has 0 aliphatic carbocycles. The first-order chi connectivity index (χ1) is 14.8. The SMILES string of the molecule is O=C(OC(C(F)(F)F)C(F)(F)F)N1CCC(CNS(=O)(=O)c2cccc3nsnc23)CC1. The topological polar surface area (TPSA) is 101 Å². The van der Waals surface area contributed by atoms with E-state index in [1.165, 1.54) is 12.1 Å². The van der Waals surface area contributed by atoms with Gasteiger partial charge in [-0.15, -0.1) is 0 Å². The van der Waals surface area contributed by atoms with Crippen molar-refractivity contribution in [2.45, 2.75) is 36.2 Å². The van der Waals surface area contributed by atoms with Crippen LogP contribution in [0.25, 0.3) is 11.0 Å². The summed E-state index contributed by atoms with van der Waals surface area (Å²) < 4.78 is 114. The number of alkyl halides is 6. The molecule has 0 atom stereocenters. The van der Waals surface area contributed by atoms with Crippen LogP contribution in [0.15, 0.2) is 23.1 Å². The Morgan fingerprint density at radius 2 is 1.78 bits per heavy atom. The molecule has 1 fully saturated rings. The van der Waals surface area contributed by atoms with Crippen LogP contribution in [0, 0.1) is 5.92 Å². The van der Waals surface area contributed by atoms with Crippen LogP contribution < -0.4 is 4.72 Å². The molecule has 0 unspecified atom stereocenters. The van der Waals surface area contributed by atoms with Crippen LogP contribution in [0.1, 0.15) is 12.8 Å². The molecule has 1 amide bonds. The van der Waals surface area contributed by atoms with Crippen molar-refractivity contribution < 1.29 is 44.3 Å². The zero-order valence-electron chi connectivity index (χ0n) is 16.0. The van der Waals surface area contributed by atoms with Gasteiger partial charge in [0.05, 0.1) is 11.7 Å². The molecule has 0 spiro atoms. The van der Waals surface area contributed by atoms with Gasteiger partial charge in [0, 0.05) is 19.6 Å². The van der Waals surface area contributed by atoms with Gasteiger partial charge in [-0.25, -0.2) is 17.9 Å². The highest BCUT2D eigenvalue weighted by atomic mass is 32.2. The summed E-state index contributed by atoms with van der Waals surface area (Å²) >= 11 is 0.857. The molecule has 0 saturated carbocycles. The van der Waals surface area contributed by atoms with Gasteiger partial charge in [0.2, 0.25) is 10.0 Å². The van der Waals surface area contributed by atoms with Crippen LogP contribution in [0.3, 0.4) is 0 Å². The Morgan fingerprint density at radius 3 is 2.38 bits per heavy atom. The van der Waals surface area contributed by atoms with Crippen molar-refractivity contribution in [2.75, 3.05) is 19.6 Å². The van der Waals surface area contributed by atoms with Gasteiger partial charge in [-0.2, -0.15) is 35.1 Å². The molecule has 2 heterocycles. The van der Waals surface area contributed by atoms with Crippen molar-refractivity contribution in [1.82, 2.24) is 18.4 Å². The van der Waals surface area contributed by atoms with Crippen molar-refractivity contribution in [3.63, 3.8) is 0 Å². The lowest BCUT2D eigenvalue weighted by Crippen LogP contribution is -2.49. The van der Waals surface area contributed by atoms with Crippen molar-refractivity contribution in [3.8, 4) is 0 Å². The molecule has 1 aliphatic heterocycles. The molecule has 1 saturated heterocycles. The number of carbonyl (C=O) groups excluding carboxylic acids is 1. The van der Waals surface area contributed by atoms with Gasteiger partial charge in [0.25, 0.3) is 6.10 Å². The summed E-state index contributed by atoms with van der Waals surface area (Å²) in [6, 6.07) is 4.48. The minimum atomic E-state index is -5.79. The predicted molar refractivity (Wildman–Crippen MR) is 99.3 cm³/mol. The number of piperidine rings is 1. The van der Waals surface area contributed by atoms with Gasteiger partial charge in [-0.3, -0.25) is 0 Å². The van der Waals surface area contributed by atoms with Gasteiger partial charge in [-0.1, -0.05) is 6.07 Å². The third kappa shape index (κ3) is 5.58. The maximum absolute atomic E-state index is 12.6. The molecule has 178 valence electrons. The van der Waals surface area contributed by atoms with Crippen molar-refractivity contribution in [2.24, 2.45) is 5.92 Å². The van der Waals surface area contributed by atoms with E-state index in [1.54, 1.807) is 6.07 Å². The highest BCUT2D eigenvalue weighted by molar-refractivity contribution is 7.89. The number of ether oxygens (including phenoxy) is 1. The van der Waals surface area contributed by atoms with Crippen molar-refractivity contribution >= 4 is 38.9 Å². The molecule has 1 aromatic heterocycles. The summed E-state index contributed by atoms with van der Waals surface area (Å²) in [4.78, 5) is 12.5. The number of rotatable bonds is 5. The van der Waals surface area contributed by atoms with Gasteiger partial charge in [-0.05, 0) is 30.9 Å². The van der Waals surface area contributed by atoms with Gasteiger partial charge in [0.1, 0.15) is 15.9 Å². The Labute approximate surface area is 181 Å². The molecular formula is C16H16F6N4O4S2. The molecule has 0 bridgehead atoms. The summed E-state index contributed by atoms with van der Waals surface area (Å²) in [7, 11) is -3.94. The second-order valence-corrected chi connectivity index (χ2v) is 9.28. The predicted octanol–water partition coefficient (Wildman–Crippen LogP) is 3.31. The number of nitrogens with one attached hydrogen (secondary N) is 1. The quantitative estimate of drug-likeness (QED) is 0.625. The molecule has 0 radical (unpaired) electrons. The molecule has 1 N–H and O–H groups in total. The number of sulfonamides is 1. The molecular weight excluding hydrogens is 490 g/mol. The van der Waals surface area contributed by atoms with E-state index < -0.39 is 34.6 Å². The average Bonchev–Trinajstić information content (AvgIpc) is 3.17. The zero-order chi connectivity index (χ0) is 23.7. The van der Waals surface area contributed by atoms with Crippen LogP contribution in [0.5, 0.6) is 0 Å². The Balaban J connectivity index is 1.55. The fourth-order valence-corrected chi connectivity index (χ4v) is 5.00. The van der Waals surface area contributed by atoms with Crippen molar-refractivity contribution in [1.29, 1.82) is 0 Å². The van der Waals surface area contributed by atoms with Gasteiger partial charge in [0.15, 0.2) is 0 Å². The number of fused-ring (bicyclic) bond motifs is 1. The minimum absolute atomic E-state index is 0.0348. The Kier molecular flexibility index (Phi) is 6.86. The number of benzene rings is 1. The smallest absolute Gasteiger partial charge is 0.426 e. The molecule has 16 heteroatoms. The van der Waals surface area contributed by atoms with E-state index in [9.17, 15) is 39.6 Å². The molecule has 1 aliphatic rings. The molecule has 8 nitrogen and oxygen atoms in total. The van der Waals surface area contributed by atoms with Gasteiger partial charge >= 0.3 is 18.4 Å². The van der Waals surface area contributed by atoms with E-state index in [-0.39, 0.29) is 48.8 Å². The van der Waals surface area contributed by atoms with Crippen LogP contribution in [-0.4, -0.2) is 66.2 Å². The number of carbonyl (C=O) groups is 1.